The molecule has 2 aromatic carbocycles. The predicted octanol–water partition coefficient (Wildman–Crippen LogP) is 4.47. The van der Waals surface area contributed by atoms with Gasteiger partial charge in [-0.15, -0.1) is 0 Å². The monoisotopic (exact) mass is 413 g/mol. The van der Waals surface area contributed by atoms with Crippen LogP contribution >= 0.6 is 0 Å². The Kier molecular flexibility index (Phi) is 9.40. The molecule has 0 fully saturated rings. The smallest absolute Gasteiger partial charge is 0.412 e. The lowest BCUT2D eigenvalue weighted by atomic mass is 10.0. The van der Waals surface area contributed by atoms with Gasteiger partial charge in [-0.25, -0.2) is 9.59 Å². The predicted molar refractivity (Wildman–Crippen MR) is 114 cm³/mol. The maximum atomic E-state index is 12.4. The lowest BCUT2D eigenvalue weighted by Gasteiger charge is -2.19. The number of aryl methyl sites for hydroxylation is 1. The van der Waals surface area contributed by atoms with Gasteiger partial charge in [0.05, 0.1) is 6.61 Å². The third kappa shape index (κ3) is 8.36. The number of benzene rings is 2. The van der Waals surface area contributed by atoms with Crippen LogP contribution in [0.4, 0.5) is 10.5 Å². The van der Waals surface area contributed by atoms with Crippen molar-refractivity contribution in [3.63, 3.8) is 0 Å². The van der Waals surface area contributed by atoms with E-state index < -0.39 is 18.2 Å². The third-order valence-corrected chi connectivity index (χ3v) is 4.23. The van der Waals surface area contributed by atoms with Crippen LogP contribution in [0.1, 0.15) is 36.5 Å². The second kappa shape index (κ2) is 12.3. The SMILES string of the molecule is Cc1ccc(NC(=O)O[C@H](CCC/C=C/C(=O)O)c2cccc(OCCO)c2)cc1. The summed E-state index contributed by atoms with van der Waals surface area (Å²) in [4.78, 5) is 23.0. The van der Waals surface area contributed by atoms with Crippen molar-refractivity contribution in [2.24, 2.45) is 0 Å². The van der Waals surface area contributed by atoms with Crippen LogP contribution in [0, 0.1) is 6.92 Å². The minimum atomic E-state index is -0.992. The van der Waals surface area contributed by atoms with E-state index >= 15 is 0 Å². The molecule has 0 aliphatic rings. The molecule has 0 aliphatic carbocycles. The molecule has 160 valence electrons. The van der Waals surface area contributed by atoms with Crippen molar-refractivity contribution in [2.45, 2.75) is 32.3 Å². The van der Waals surface area contributed by atoms with Crippen molar-refractivity contribution in [1.29, 1.82) is 0 Å². The van der Waals surface area contributed by atoms with E-state index in [0.29, 0.717) is 30.7 Å². The zero-order chi connectivity index (χ0) is 21.8. The summed E-state index contributed by atoms with van der Waals surface area (Å²) >= 11 is 0. The summed E-state index contributed by atoms with van der Waals surface area (Å²) in [7, 11) is 0. The Morgan fingerprint density at radius 2 is 1.93 bits per heavy atom. The van der Waals surface area contributed by atoms with Crippen LogP contribution in [-0.2, 0) is 9.53 Å². The molecule has 2 rings (SSSR count). The number of carboxylic acid groups (broad SMARTS) is 1. The fourth-order valence-electron chi connectivity index (χ4n) is 2.78. The van der Waals surface area contributed by atoms with Gasteiger partial charge in [0.25, 0.3) is 0 Å². The topological polar surface area (TPSA) is 105 Å². The summed E-state index contributed by atoms with van der Waals surface area (Å²) in [5.74, 6) is -0.422. The number of nitrogens with one attached hydrogen (secondary N) is 1. The minimum absolute atomic E-state index is 0.0982. The molecule has 7 heteroatoms. The van der Waals surface area contributed by atoms with E-state index in [4.69, 9.17) is 19.7 Å². The van der Waals surface area contributed by atoms with Gasteiger partial charge in [0.15, 0.2) is 0 Å². The molecule has 0 heterocycles. The summed E-state index contributed by atoms with van der Waals surface area (Å²) < 4.78 is 11.1. The number of carbonyl (C=O) groups is 2. The fraction of sp³-hybridized carbons (Fsp3) is 0.304. The van der Waals surface area contributed by atoms with Gasteiger partial charge < -0.3 is 19.7 Å². The van der Waals surface area contributed by atoms with E-state index in [1.54, 1.807) is 36.4 Å². The number of rotatable bonds is 11. The number of ether oxygens (including phenoxy) is 2. The Morgan fingerprint density at radius 3 is 2.63 bits per heavy atom. The normalized spacial score (nSPS) is 11.8. The first-order chi connectivity index (χ1) is 14.5. The number of allylic oxidation sites excluding steroid dienone is 1. The molecule has 0 aromatic heterocycles. The van der Waals surface area contributed by atoms with Gasteiger partial charge in [0.2, 0.25) is 0 Å². The first-order valence-corrected chi connectivity index (χ1v) is 9.75. The Balaban J connectivity index is 2.06. The van der Waals surface area contributed by atoms with E-state index in [1.165, 1.54) is 0 Å². The highest BCUT2D eigenvalue weighted by atomic mass is 16.6. The summed E-state index contributed by atoms with van der Waals surface area (Å²) in [6.07, 6.45) is 3.25. The summed E-state index contributed by atoms with van der Waals surface area (Å²) in [5, 5.41) is 20.3. The molecule has 0 aliphatic heterocycles. The summed E-state index contributed by atoms with van der Waals surface area (Å²) in [5.41, 5.74) is 2.47. The number of hydrogen-bond acceptors (Lipinski definition) is 5. The Labute approximate surface area is 176 Å². The molecule has 2 aromatic rings. The summed E-state index contributed by atoms with van der Waals surface area (Å²) in [6, 6.07) is 14.5. The van der Waals surface area contributed by atoms with Crippen LogP contribution in [0.25, 0.3) is 0 Å². The van der Waals surface area contributed by atoms with Crippen molar-refractivity contribution in [2.75, 3.05) is 18.5 Å². The second-order valence-corrected chi connectivity index (χ2v) is 6.70. The average Bonchev–Trinajstić information content (AvgIpc) is 2.73. The number of amides is 1. The number of aliphatic carboxylic acids is 1. The number of anilines is 1. The van der Waals surface area contributed by atoms with E-state index in [1.807, 2.05) is 25.1 Å². The van der Waals surface area contributed by atoms with Crippen molar-refractivity contribution in [3.8, 4) is 5.75 Å². The third-order valence-electron chi connectivity index (χ3n) is 4.23. The Morgan fingerprint density at radius 1 is 1.17 bits per heavy atom. The molecule has 3 N–H and O–H groups in total. The van der Waals surface area contributed by atoms with Crippen molar-refractivity contribution in [3.05, 3.63) is 71.8 Å². The Hall–Kier alpha value is -3.32. The molecule has 0 bridgehead atoms. The number of aliphatic hydroxyl groups excluding tert-OH is 1. The van der Waals surface area contributed by atoms with Gasteiger partial charge in [0.1, 0.15) is 18.5 Å². The molecule has 0 unspecified atom stereocenters. The van der Waals surface area contributed by atoms with E-state index in [9.17, 15) is 9.59 Å². The Bertz CT molecular complexity index is 847. The minimum Gasteiger partial charge on any atom is -0.491 e. The fourth-order valence-corrected chi connectivity index (χ4v) is 2.78. The van der Waals surface area contributed by atoms with Crippen molar-refractivity contribution in [1.82, 2.24) is 0 Å². The zero-order valence-electron chi connectivity index (χ0n) is 16.9. The molecule has 0 saturated heterocycles. The molecule has 0 spiro atoms. The first-order valence-electron chi connectivity index (χ1n) is 9.75. The molecular formula is C23H27NO6. The zero-order valence-corrected chi connectivity index (χ0v) is 16.9. The van der Waals surface area contributed by atoms with E-state index in [-0.39, 0.29) is 13.2 Å². The van der Waals surface area contributed by atoms with Crippen LogP contribution in [0.5, 0.6) is 5.75 Å². The molecule has 0 saturated carbocycles. The number of carbonyl (C=O) groups excluding carboxylic acids is 1. The molecule has 30 heavy (non-hydrogen) atoms. The number of unbranched alkanes of at least 4 members (excludes halogenated alkanes) is 1. The second-order valence-electron chi connectivity index (χ2n) is 6.70. The van der Waals surface area contributed by atoms with Gasteiger partial charge >= 0.3 is 12.1 Å². The van der Waals surface area contributed by atoms with Crippen LogP contribution in [0.15, 0.2) is 60.7 Å². The van der Waals surface area contributed by atoms with Crippen LogP contribution in [-0.4, -0.2) is 35.5 Å². The quantitative estimate of drug-likeness (QED) is 0.371. The molecule has 7 nitrogen and oxygen atoms in total. The van der Waals surface area contributed by atoms with Crippen molar-refractivity contribution < 1.29 is 29.3 Å². The van der Waals surface area contributed by atoms with Gasteiger partial charge in [-0.2, -0.15) is 0 Å². The molecule has 0 radical (unpaired) electrons. The maximum absolute atomic E-state index is 12.4. The first kappa shape index (κ1) is 23.0. The van der Waals surface area contributed by atoms with Gasteiger partial charge in [-0.05, 0) is 56.0 Å². The van der Waals surface area contributed by atoms with Crippen LogP contribution in [0.2, 0.25) is 0 Å². The number of carboxylic acids is 1. The van der Waals surface area contributed by atoms with Crippen LogP contribution < -0.4 is 10.1 Å². The van der Waals surface area contributed by atoms with Crippen molar-refractivity contribution >= 4 is 17.7 Å². The number of hydrogen-bond donors (Lipinski definition) is 3. The molecule has 1 amide bonds. The number of aliphatic hydroxyl groups is 1. The highest BCUT2D eigenvalue weighted by Gasteiger charge is 2.17. The maximum Gasteiger partial charge on any atom is 0.412 e. The van der Waals surface area contributed by atoms with Gasteiger partial charge in [0, 0.05) is 11.8 Å². The highest BCUT2D eigenvalue weighted by Crippen LogP contribution is 2.27. The van der Waals surface area contributed by atoms with Gasteiger partial charge in [-0.3, -0.25) is 5.32 Å². The lowest BCUT2D eigenvalue weighted by molar-refractivity contribution is -0.131. The van der Waals surface area contributed by atoms with Crippen LogP contribution in [0.3, 0.4) is 0 Å². The standard InChI is InChI=1S/C23H27NO6/c1-17-10-12-19(13-11-17)24-23(28)30-21(8-3-2-4-9-22(26)27)18-6-5-7-20(16-18)29-15-14-25/h4-7,9-13,16,21,25H,2-3,8,14-15H2,1H3,(H,24,28)(H,26,27)/b9-4+/t21-/m1/s1. The lowest BCUT2D eigenvalue weighted by Crippen LogP contribution is -2.18. The largest absolute Gasteiger partial charge is 0.491 e. The average molecular weight is 413 g/mol. The molecular weight excluding hydrogens is 386 g/mol. The van der Waals surface area contributed by atoms with E-state index in [0.717, 1.165) is 17.2 Å². The van der Waals surface area contributed by atoms with E-state index in [2.05, 4.69) is 5.32 Å². The van der Waals surface area contributed by atoms with Gasteiger partial charge in [-0.1, -0.05) is 35.9 Å². The molecule has 1 atom stereocenters. The summed E-state index contributed by atoms with van der Waals surface area (Å²) in [6.45, 7) is 2.03. The highest BCUT2D eigenvalue weighted by molar-refractivity contribution is 5.84.